The summed E-state index contributed by atoms with van der Waals surface area (Å²) in [5.41, 5.74) is 0. The summed E-state index contributed by atoms with van der Waals surface area (Å²) in [4.78, 5) is 10.5. The second-order valence-corrected chi connectivity index (χ2v) is 1.65. The van der Waals surface area contributed by atoms with Crippen molar-refractivity contribution in [3.05, 3.63) is 12.0 Å². The second kappa shape index (κ2) is 1.51. The molecule has 3 heteroatoms. The average Bonchev–Trinajstić information content (AvgIpc) is 1.98. The van der Waals surface area contributed by atoms with Crippen LogP contribution in [0.15, 0.2) is 12.0 Å². The van der Waals surface area contributed by atoms with E-state index < -0.39 is 6.10 Å². The topological polar surface area (TPSA) is 46.5 Å². The number of ether oxygens (including phenoxy) is 1. The smallest absolute Gasteiger partial charge is 0.240 e. The number of ketones is 1. The summed E-state index contributed by atoms with van der Waals surface area (Å²) in [5.74, 6) is -0.623. The van der Waals surface area contributed by atoms with Crippen molar-refractivity contribution in [2.24, 2.45) is 0 Å². The highest BCUT2D eigenvalue weighted by molar-refractivity contribution is 5.97. The molecule has 0 aromatic carbocycles. The quantitative estimate of drug-likeness (QED) is 0.495. The molecule has 1 heterocycles. The van der Waals surface area contributed by atoms with Crippen molar-refractivity contribution in [1.29, 1.82) is 0 Å². The monoisotopic (exact) mass is 114 g/mol. The Morgan fingerprint density at radius 1 is 1.88 bits per heavy atom. The van der Waals surface area contributed by atoms with Gasteiger partial charge in [-0.1, -0.05) is 0 Å². The van der Waals surface area contributed by atoms with Crippen LogP contribution in [-0.2, 0) is 9.53 Å². The van der Waals surface area contributed by atoms with E-state index in [-0.39, 0.29) is 11.5 Å². The molecule has 8 heavy (non-hydrogen) atoms. The van der Waals surface area contributed by atoms with E-state index in [1.807, 2.05) is 0 Å². The van der Waals surface area contributed by atoms with Gasteiger partial charge in [-0.25, -0.2) is 0 Å². The molecule has 0 saturated heterocycles. The highest BCUT2D eigenvalue weighted by atomic mass is 16.5. The molecule has 1 N–H and O–H groups in total. The van der Waals surface area contributed by atoms with Gasteiger partial charge >= 0.3 is 0 Å². The van der Waals surface area contributed by atoms with Crippen LogP contribution in [0.2, 0.25) is 0 Å². The maximum atomic E-state index is 10.5. The standard InChI is InChI=1S/C5H6O3/c1-3-5(7)4(6)2-8-3/h2-3,6H,1H3. The van der Waals surface area contributed by atoms with Crippen molar-refractivity contribution in [1.82, 2.24) is 0 Å². The van der Waals surface area contributed by atoms with Gasteiger partial charge in [-0.15, -0.1) is 0 Å². The maximum Gasteiger partial charge on any atom is 0.240 e. The fourth-order valence-corrected chi connectivity index (χ4v) is 0.495. The van der Waals surface area contributed by atoms with Crippen LogP contribution in [0.25, 0.3) is 0 Å². The van der Waals surface area contributed by atoms with Gasteiger partial charge in [0.15, 0.2) is 11.9 Å². The van der Waals surface area contributed by atoms with Gasteiger partial charge in [0, 0.05) is 0 Å². The Hall–Kier alpha value is -0.990. The summed E-state index contributed by atoms with van der Waals surface area (Å²) < 4.78 is 4.62. The van der Waals surface area contributed by atoms with Crippen molar-refractivity contribution in [3.63, 3.8) is 0 Å². The third-order valence-electron chi connectivity index (χ3n) is 1.01. The third kappa shape index (κ3) is 0.559. The van der Waals surface area contributed by atoms with E-state index in [0.717, 1.165) is 6.26 Å². The molecule has 1 atom stereocenters. The van der Waals surface area contributed by atoms with Crippen LogP contribution in [0.3, 0.4) is 0 Å². The number of rotatable bonds is 0. The Kier molecular flexibility index (Phi) is 0.970. The van der Waals surface area contributed by atoms with E-state index in [1.54, 1.807) is 6.92 Å². The summed E-state index contributed by atoms with van der Waals surface area (Å²) in [5, 5.41) is 8.55. The minimum Gasteiger partial charge on any atom is -0.502 e. The highest BCUT2D eigenvalue weighted by Crippen LogP contribution is 2.09. The van der Waals surface area contributed by atoms with Crippen LogP contribution >= 0.6 is 0 Å². The number of aliphatic hydroxyl groups excluding tert-OH is 1. The molecule has 44 valence electrons. The summed E-state index contributed by atoms with van der Waals surface area (Å²) in [6, 6.07) is 0. The molecule has 0 bridgehead atoms. The minimum absolute atomic E-state index is 0.280. The Balaban J connectivity index is 2.73. The van der Waals surface area contributed by atoms with E-state index in [9.17, 15) is 4.79 Å². The molecule has 0 saturated carbocycles. The zero-order chi connectivity index (χ0) is 6.15. The van der Waals surface area contributed by atoms with Crippen molar-refractivity contribution in [2.45, 2.75) is 13.0 Å². The molecule has 3 nitrogen and oxygen atoms in total. The zero-order valence-electron chi connectivity index (χ0n) is 4.42. The normalized spacial score (nSPS) is 27.4. The Labute approximate surface area is 46.6 Å². The first-order valence-corrected chi connectivity index (χ1v) is 2.30. The lowest BCUT2D eigenvalue weighted by atomic mass is 10.3. The number of hydrogen-bond donors (Lipinski definition) is 1. The van der Waals surface area contributed by atoms with Crippen molar-refractivity contribution < 1.29 is 14.6 Å². The van der Waals surface area contributed by atoms with Crippen LogP contribution in [-0.4, -0.2) is 17.0 Å². The lowest BCUT2D eigenvalue weighted by molar-refractivity contribution is -0.122. The molecule has 0 amide bonds. The molecule has 0 radical (unpaired) electrons. The summed E-state index contributed by atoms with van der Waals surface area (Å²) in [7, 11) is 0. The highest BCUT2D eigenvalue weighted by Gasteiger charge is 2.23. The predicted molar refractivity (Wildman–Crippen MR) is 26.3 cm³/mol. The van der Waals surface area contributed by atoms with Crippen LogP contribution in [0.5, 0.6) is 0 Å². The van der Waals surface area contributed by atoms with Crippen molar-refractivity contribution in [2.75, 3.05) is 0 Å². The largest absolute Gasteiger partial charge is 0.502 e. The molecular weight excluding hydrogens is 108 g/mol. The van der Waals surface area contributed by atoms with Crippen LogP contribution in [0, 0.1) is 0 Å². The maximum absolute atomic E-state index is 10.5. The Bertz CT molecular complexity index is 148. The number of Topliss-reactive ketones (excluding diaryl/α,β-unsaturated/α-hetero) is 1. The molecule has 1 aliphatic rings. The Morgan fingerprint density at radius 2 is 2.50 bits per heavy atom. The second-order valence-electron chi connectivity index (χ2n) is 1.65. The number of carbonyl (C=O) groups is 1. The molecular formula is C5H6O3. The lowest BCUT2D eigenvalue weighted by Gasteiger charge is -1.95. The van der Waals surface area contributed by atoms with Gasteiger partial charge in [0.05, 0.1) is 0 Å². The van der Waals surface area contributed by atoms with Gasteiger partial charge in [-0.2, -0.15) is 0 Å². The van der Waals surface area contributed by atoms with Gasteiger partial charge in [0.2, 0.25) is 5.78 Å². The van der Waals surface area contributed by atoms with Gasteiger partial charge < -0.3 is 9.84 Å². The molecule has 0 aliphatic carbocycles. The van der Waals surface area contributed by atoms with Crippen molar-refractivity contribution in [3.8, 4) is 0 Å². The molecule has 0 aromatic heterocycles. The van der Waals surface area contributed by atoms with E-state index >= 15 is 0 Å². The molecule has 0 aromatic rings. The zero-order valence-corrected chi connectivity index (χ0v) is 4.42. The van der Waals surface area contributed by atoms with E-state index in [4.69, 9.17) is 5.11 Å². The molecule has 1 aliphatic heterocycles. The van der Waals surface area contributed by atoms with Gasteiger partial charge in [-0.05, 0) is 6.92 Å². The van der Waals surface area contributed by atoms with Crippen LogP contribution in [0.4, 0.5) is 0 Å². The molecule has 1 unspecified atom stereocenters. The Morgan fingerprint density at radius 3 is 2.62 bits per heavy atom. The SMILES string of the molecule is CC1OC=C(O)C1=O. The first-order valence-electron chi connectivity index (χ1n) is 2.30. The summed E-state index contributed by atoms with van der Waals surface area (Å²) >= 11 is 0. The average molecular weight is 114 g/mol. The first kappa shape index (κ1) is 5.15. The van der Waals surface area contributed by atoms with Gasteiger partial charge in [0.25, 0.3) is 0 Å². The van der Waals surface area contributed by atoms with Crippen LogP contribution in [0.1, 0.15) is 6.92 Å². The number of hydrogen-bond acceptors (Lipinski definition) is 3. The number of carbonyl (C=O) groups excluding carboxylic acids is 1. The van der Waals surface area contributed by atoms with Gasteiger partial charge in [0.1, 0.15) is 6.26 Å². The summed E-state index contributed by atoms with van der Waals surface area (Å²) in [6.07, 6.45) is 0.572. The number of aliphatic hydroxyl groups is 1. The van der Waals surface area contributed by atoms with Gasteiger partial charge in [-0.3, -0.25) is 4.79 Å². The minimum atomic E-state index is -0.491. The molecule has 1 rings (SSSR count). The molecule has 0 spiro atoms. The predicted octanol–water partition coefficient (Wildman–Crippen LogP) is 0.374. The van der Waals surface area contributed by atoms with E-state index in [0.29, 0.717) is 0 Å². The van der Waals surface area contributed by atoms with E-state index in [2.05, 4.69) is 4.74 Å². The van der Waals surface area contributed by atoms with E-state index in [1.165, 1.54) is 0 Å². The molecule has 0 fully saturated rings. The first-order chi connectivity index (χ1) is 3.72. The van der Waals surface area contributed by atoms with Crippen molar-refractivity contribution >= 4 is 5.78 Å². The fraction of sp³-hybridized carbons (Fsp3) is 0.400. The van der Waals surface area contributed by atoms with Crippen LogP contribution < -0.4 is 0 Å². The summed E-state index contributed by atoms with van der Waals surface area (Å²) in [6.45, 7) is 1.59. The fourth-order valence-electron chi connectivity index (χ4n) is 0.495. The third-order valence-corrected chi connectivity index (χ3v) is 1.01. The lowest BCUT2D eigenvalue weighted by Crippen LogP contribution is -2.12.